The Labute approximate surface area is 155 Å². The fourth-order valence-electron chi connectivity index (χ4n) is 4.62. The summed E-state index contributed by atoms with van der Waals surface area (Å²) >= 11 is 0. The van der Waals surface area contributed by atoms with Gasteiger partial charge in [0, 0.05) is 5.56 Å². The highest BCUT2D eigenvalue weighted by atomic mass is 16.2. The van der Waals surface area contributed by atoms with Gasteiger partial charge in [-0.2, -0.15) is 0 Å². The average molecular weight is 355 g/mol. The first kappa shape index (κ1) is 17.4. The largest absolute Gasteiger partial charge is 0.322 e. The average Bonchev–Trinajstić information content (AvgIpc) is 2.90. The third-order valence-electron chi connectivity index (χ3n) is 6.35. The van der Waals surface area contributed by atoms with Crippen LogP contribution in [0.3, 0.4) is 0 Å². The van der Waals surface area contributed by atoms with Crippen LogP contribution in [0.4, 0.5) is 0 Å². The van der Waals surface area contributed by atoms with Crippen molar-refractivity contribution in [1.29, 1.82) is 0 Å². The summed E-state index contributed by atoms with van der Waals surface area (Å²) in [6, 6.07) is 8.60. The maximum Gasteiger partial charge on any atom is 0.237 e. The van der Waals surface area contributed by atoms with Crippen LogP contribution in [-0.2, 0) is 16.1 Å². The van der Waals surface area contributed by atoms with Crippen molar-refractivity contribution >= 4 is 11.8 Å². The van der Waals surface area contributed by atoms with Crippen molar-refractivity contribution in [1.82, 2.24) is 4.90 Å². The van der Waals surface area contributed by atoms with Crippen LogP contribution < -0.4 is 9.80 Å². The number of piperazine rings is 1. The Hall–Kier alpha value is -1.98. The molecule has 0 bridgehead atoms. The number of nitrogens with one attached hydrogen (secondary N) is 2. The summed E-state index contributed by atoms with van der Waals surface area (Å²) < 4.78 is 0. The summed E-state index contributed by atoms with van der Waals surface area (Å²) in [7, 11) is 0. The summed E-state index contributed by atoms with van der Waals surface area (Å²) in [5, 5.41) is 0. The van der Waals surface area contributed by atoms with E-state index in [4.69, 9.17) is 0 Å². The number of benzene rings is 1. The van der Waals surface area contributed by atoms with Crippen molar-refractivity contribution in [3.8, 4) is 0 Å². The third kappa shape index (κ3) is 3.33. The number of quaternary nitrogens is 2. The maximum atomic E-state index is 12.6. The van der Waals surface area contributed by atoms with Gasteiger partial charge in [-0.1, -0.05) is 36.4 Å². The first-order valence-electron chi connectivity index (χ1n) is 9.85. The maximum absolute atomic E-state index is 12.6. The van der Waals surface area contributed by atoms with Gasteiger partial charge in [0.15, 0.2) is 6.67 Å². The molecule has 5 heteroatoms. The van der Waals surface area contributed by atoms with Crippen molar-refractivity contribution in [3.05, 3.63) is 47.5 Å². The van der Waals surface area contributed by atoms with Crippen LogP contribution in [-0.4, -0.2) is 49.6 Å². The van der Waals surface area contributed by atoms with Crippen molar-refractivity contribution in [2.45, 2.75) is 26.3 Å². The Morgan fingerprint density at radius 2 is 1.50 bits per heavy atom. The number of allylic oxidation sites excluding steroid dienone is 2. The van der Waals surface area contributed by atoms with Crippen molar-refractivity contribution in [2.75, 3.05) is 32.8 Å². The lowest BCUT2D eigenvalue weighted by molar-refractivity contribution is -1.02. The van der Waals surface area contributed by atoms with Gasteiger partial charge in [0.25, 0.3) is 0 Å². The van der Waals surface area contributed by atoms with Crippen molar-refractivity contribution in [2.24, 2.45) is 11.8 Å². The van der Waals surface area contributed by atoms with E-state index in [9.17, 15) is 9.59 Å². The Bertz CT molecular complexity index is 696. The van der Waals surface area contributed by atoms with E-state index < -0.39 is 0 Å². The second-order valence-corrected chi connectivity index (χ2v) is 8.02. The van der Waals surface area contributed by atoms with E-state index in [2.05, 4.69) is 43.3 Å². The Kier molecular flexibility index (Phi) is 4.92. The summed E-state index contributed by atoms with van der Waals surface area (Å²) in [4.78, 5) is 29.8. The molecule has 0 aromatic heterocycles. The second-order valence-electron chi connectivity index (χ2n) is 8.02. The van der Waals surface area contributed by atoms with E-state index >= 15 is 0 Å². The zero-order valence-corrected chi connectivity index (χ0v) is 15.5. The van der Waals surface area contributed by atoms with Gasteiger partial charge < -0.3 is 9.80 Å². The number of hydrogen-bond acceptors (Lipinski definition) is 2. The molecule has 5 nitrogen and oxygen atoms in total. The van der Waals surface area contributed by atoms with Crippen LogP contribution in [0, 0.1) is 18.8 Å². The molecule has 1 aliphatic carbocycles. The number of amides is 2. The summed E-state index contributed by atoms with van der Waals surface area (Å²) in [6.45, 7) is 8.02. The summed E-state index contributed by atoms with van der Waals surface area (Å²) in [5.74, 6) is -0.0715. The Morgan fingerprint density at radius 3 is 2.12 bits per heavy atom. The topological polar surface area (TPSA) is 46.3 Å². The van der Waals surface area contributed by atoms with Crippen molar-refractivity contribution < 1.29 is 19.4 Å². The predicted octanol–water partition coefficient (Wildman–Crippen LogP) is -0.813. The molecular weight excluding hydrogens is 326 g/mol. The molecule has 0 saturated carbocycles. The quantitative estimate of drug-likeness (QED) is 0.548. The molecule has 1 aromatic rings. The predicted molar refractivity (Wildman–Crippen MR) is 98.4 cm³/mol. The number of aryl methyl sites for hydroxylation is 1. The first-order chi connectivity index (χ1) is 12.6. The Balaban J connectivity index is 1.31. The molecule has 0 unspecified atom stereocenters. The van der Waals surface area contributed by atoms with E-state index in [-0.39, 0.29) is 23.7 Å². The van der Waals surface area contributed by atoms with Crippen LogP contribution >= 0.6 is 0 Å². The van der Waals surface area contributed by atoms with Crippen LogP contribution in [0.5, 0.6) is 0 Å². The van der Waals surface area contributed by atoms with Gasteiger partial charge in [-0.05, 0) is 25.3 Å². The monoisotopic (exact) mass is 355 g/mol. The second kappa shape index (κ2) is 7.33. The van der Waals surface area contributed by atoms with Gasteiger partial charge in [-0.15, -0.1) is 0 Å². The molecule has 26 heavy (non-hydrogen) atoms. The standard InChI is InChI=1S/C21H27N3O2/c1-16-6-2-3-7-17(16)14-22-10-12-23(13-11-22)15-24-20(25)18-8-4-5-9-19(18)21(24)26/h2-7,18-19H,8-15H2,1H3/p+2/t18-,19-/m0/s1. The molecule has 0 radical (unpaired) electrons. The van der Waals surface area contributed by atoms with Crippen molar-refractivity contribution in [3.63, 3.8) is 0 Å². The number of fused-ring (bicyclic) bond motifs is 1. The fraction of sp³-hybridized carbons (Fsp3) is 0.524. The lowest BCUT2D eigenvalue weighted by atomic mass is 9.85. The van der Waals surface area contributed by atoms with Crippen LogP contribution in [0.1, 0.15) is 24.0 Å². The molecule has 138 valence electrons. The number of hydrogen-bond donors (Lipinski definition) is 2. The van der Waals surface area contributed by atoms with Gasteiger partial charge in [-0.3, -0.25) is 9.59 Å². The highest BCUT2D eigenvalue weighted by Gasteiger charge is 2.48. The molecule has 3 aliphatic rings. The molecule has 2 aliphatic heterocycles. The zero-order chi connectivity index (χ0) is 18.1. The SMILES string of the molecule is Cc1ccccc1C[NH+]1CC[NH+](CN2C(=O)[C@H]3CC=CC[C@@H]3C2=O)CC1. The Morgan fingerprint density at radius 1 is 0.923 bits per heavy atom. The summed E-state index contributed by atoms with van der Waals surface area (Å²) in [5.41, 5.74) is 2.78. The van der Waals surface area contributed by atoms with E-state index in [0.29, 0.717) is 6.67 Å². The fourth-order valence-corrected chi connectivity index (χ4v) is 4.62. The van der Waals surface area contributed by atoms with E-state index in [0.717, 1.165) is 45.6 Å². The number of rotatable bonds is 4. The number of carbonyl (C=O) groups is 2. The smallest absolute Gasteiger partial charge is 0.237 e. The minimum atomic E-state index is -0.0973. The minimum absolute atomic E-state index is 0.0616. The lowest BCUT2D eigenvalue weighted by Gasteiger charge is -2.31. The molecule has 0 spiro atoms. The zero-order valence-electron chi connectivity index (χ0n) is 15.5. The third-order valence-corrected chi connectivity index (χ3v) is 6.35. The molecule has 1 aromatic carbocycles. The summed E-state index contributed by atoms with van der Waals surface area (Å²) in [6.07, 6.45) is 5.57. The molecule has 2 fully saturated rings. The highest BCUT2D eigenvalue weighted by Crippen LogP contribution is 2.34. The molecule has 2 N–H and O–H groups in total. The molecule has 2 amide bonds. The van der Waals surface area contributed by atoms with Gasteiger partial charge in [0.2, 0.25) is 11.8 Å². The normalized spacial score (nSPS) is 31.3. The molecule has 2 heterocycles. The number of likely N-dealkylation sites (tertiary alicyclic amines) is 1. The van der Waals surface area contributed by atoms with Gasteiger partial charge in [-0.25, -0.2) is 4.90 Å². The number of carbonyl (C=O) groups excluding carboxylic acids is 2. The van der Waals surface area contributed by atoms with Gasteiger partial charge in [0.1, 0.15) is 32.7 Å². The number of imide groups is 1. The van der Waals surface area contributed by atoms with Gasteiger partial charge in [0.05, 0.1) is 11.8 Å². The van der Waals surface area contributed by atoms with Crippen LogP contribution in [0.15, 0.2) is 36.4 Å². The number of nitrogens with zero attached hydrogens (tertiary/aromatic N) is 1. The van der Waals surface area contributed by atoms with Crippen LogP contribution in [0.25, 0.3) is 0 Å². The van der Waals surface area contributed by atoms with E-state index in [1.165, 1.54) is 16.0 Å². The lowest BCUT2D eigenvalue weighted by Crippen LogP contribution is -3.28. The first-order valence-corrected chi connectivity index (χ1v) is 9.85. The van der Waals surface area contributed by atoms with Crippen LogP contribution in [0.2, 0.25) is 0 Å². The molecule has 4 rings (SSSR count). The molecular formula is C21H29N3O2+2. The highest BCUT2D eigenvalue weighted by molar-refractivity contribution is 6.05. The van der Waals surface area contributed by atoms with E-state index in [1.54, 1.807) is 9.80 Å². The van der Waals surface area contributed by atoms with Gasteiger partial charge >= 0.3 is 0 Å². The minimum Gasteiger partial charge on any atom is -0.322 e. The van der Waals surface area contributed by atoms with E-state index in [1.807, 2.05) is 0 Å². The molecule has 2 atom stereocenters. The molecule has 2 saturated heterocycles.